The smallest absolute Gasteiger partial charge is 0.407 e. The van der Waals surface area contributed by atoms with Crippen LogP contribution in [0.4, 0.5) is 4.79 Å². The molecule has 1 heterocycles. The largest absolute Gasteiger partial charge is 0.480 e. The third-order valence-corrected chi connectivity index (χ3v) is 7.23. The summed E-state index contributed by atoms with van der Waals surface area (Å²) in [7, 11) is -2.92. The van der Waals surface area contributed by atoms with Crippen molar-refractivity contribution in [2.24, 2.45) is 5.41 Å². The Balaban J connectivity index is 1.72. The lowest BCUT2D eigenvalue weighted by Gasteiger charge is -2.24. The molecule has 2 amide bonds. The highest BCUT2D eigenvalue weighted by Crippen LogP contribution is 2.30. The number of benzene rings is 1. The van der Waals surface area contributed by atoms with Crippen LogP contribution in [0.1, 0.15) is 71.3 Å². The Morgan fingerprint density at radius 1 is 1.10 bits per heavy atom. The monoisotopic (exact) mass is 568 g/mol. The van der Waals surface area contributed by atoms with Crippen molar-refractivity contribution in [3.63, 3.8) is 0 Å². The molecule has 0 aliphatic carbocycles. The molecule has 1 aromatic carbocycles. The number of carbonyl (C=O) groups excluding carboxylic acids is 3. The van der Waals surface area contributed by atoms with Crippen LogP contribution in [0.15, 0.2) is 30.3 Å². The van der Waals surface area contributed by atoms with Crippen LogP contribution in [0.5, 0.6) is 0 Å². The zero-order valence-corrected chi connectivity index (χ0v) is 24.0. The van der Waals surface area contributed by atoms with Crippen LogP contribution in [-0.2, 0) is 39.6 Å². The summed E-state index contributed by atoms with van der Waals surface area (Å²) in [6, 6.07) is 8.47. The van der Waals surface area contributed by atoms with Crippen molar-refractivity contribution in [2.45, 2.75) is 84.7 Å². The van der Waals surface area contributed by atoms with Crippen LogP contribution in [0.3, 0.4) is 0 Å². The Morgan fingerprint density at radius 2 is 1.79 bits per heavy atom. The zero-order chi connectivity index (χ0) is 28.8. The average Bonchev–Trinajstić information content (AvgIpc) is 3.37. The van der Waals surface area contributed by atoms with Gasteiger partial charge in [-0.3, -0.25) is 18.7 Å². The van der Waals surface area contributed by atoms with E-state index in [1.54, 1.807) is 20.8 Å². The number of nitrogens with zero attached hydrogens (tertiary/aromatic N) is 1. The van der Waals surface area contributed by atoms with Crippen LogP contribution < -0.4 is 5.32 Å². The van der Waals surface area contributed by atoms with Gasteiger partial charge in [0.25, 0.3) is 0 Å². The molecule has 2 rings (SSSR count). The van der Waals surface area contributed by atoms with Gasteiger partial charge in [-0.1, -0.05) is 43.2 Å². The van der Waals surface area contributed by atoms with Crippen molar-refractivity contribution in [3.05, 3.63) is 35.9 Å². The van der Waals surface area contributed by atoms with E-state index in [1.165, 1.54) is 4.90 Å². The summed E-state index contributed by atoms with van der Waals surface area (Å²) in [5.41, 5.74) is 0.113. The predicted molar refractivity (Wildman–Crippen MR) is 144 cm³/mol. The molecule has 2 unspecified atom stereocenters. The molecule has 39 heavy (non-hydrogen) atoms. The van der Waals surface area contributed by atoms with E-state index in [0.29, 0.717) is 38.8 Å². The Bertz CT molecular complexity index is 981. The van der Waals surface area contributed by atoms with Crippen LogP contribution in [0.2, 0.25) is 0 Å². The Kier molecular flexibility index (Phi) is 13.5. The Hall–Kier alpha value is -2.91. The van der Waals surface area contributed by atoms with E-state index in [-0.39, 0.29) is 6.61 Å². The van der Waals surface area contributed by atoms with Crippen LogP contribution >= 0.6 is 8.03 Å². The first-order chi connectivity index (χ1) is 18.5. The number of ether oxygens (including phenoxy) is 2. The topological polar surface area (TPSA) is 149 Å². The molecule has 1 aromatic rings. The van der Waals surface area contributed by atoms with Gasteiger partial charge in [-0.25, -0.2) is 9.59 Å². The first-order valence-electron chi connectivity index (χ1n) is 13.3. The van der Waals surface area contributed by atoms with Gasteiger partial charge in [0.15, 0.2) is 0 Å². The van der Waals surface area contributed by atoms with Gasteiger partial charge in [0.1, 0.15) is 18.8 Å². The number of rotatable bonds is 15. The summed E-state index contributed by atoms with van der Waals surface area (Å²) in [5.74, 6) is -2.14. The van der Waals surface area contributed by atoms with Crippen LogP contribution in [0.25, 0.3) is 0 Å². The number of carboxylic acid groups (broad SMARTS) is 1. The van der Waals surface area contributed by atoms with E-state index in [1.807, 2.05) is 30.3 Å². The molecule has 0 aromatic heterocycles. The van der Waals surface area contributed by atoms with Gasteiger partial charge in [0, 0.05) is 19.5 Å². The molecule has 3 atom stereocenters. The number of hydrogen-bond acceptors (Lipinski definition) is 8. The number of nitrogens with one attached hydrogen (secondary N) is 1. The standard InChI is InChI=1S/C27H41N2O9P/c1-27(2,3)25(33)37-23(38-39(35)19-22(30)29-17-11-14-21(29)24(31)32)15-9-4-5-10-16-28-26(34)36-18-20-12-7-6-8-13-20/h6-8,12-13,21,23,39H,4-5,9-11,14-19H2,1-3H3,(H,28,34)(H,31,32)/t21-,23?/m0/s1. The molecular formula is C27H41N2O9P. The summed E-state index contributed by atoms with van der Waals surface area (Å²) in [6.45, 7) is 6.03. The molecule has 0 saturated carbocycles. The summed E-state index contributed by atoms with van der Waals surface area (Å²) < 4.78 is 28.7. The molecule has 11 nitrogen and oxygen atoms in total. The van der Waals surface area contributed by atoms with Crippen molar-refractivity contribution in [1.82, 2.24) is 10.2 Å². The summed E-state index contributed by atoms with van der Waals surface area (Å²) in [4.78, 5) is 49.3. The van der Waals surface area contributed by atoms with Crippen molar-refractivity contribution in [3.8, 4) is 0 Å². The molecule has 12 heteroatoms. The normalized spacial score (nSPS) is 16.8. The van der Waals surface area contributed by atoms with Crippen molar-refractivity contribution >= 4 is 32.0 Å². The number of aliphatic carboxylic acids is 1. The van der Waals surface area contributed by atoms with Gasteiger partial charge in [-0.15, -0.1) is 0 Å². The first kappa shape index (κ1) is 32.3. The molecule has 0 bridgehead atoms. The van der Waals surface area contributed by atoms with Gasteiger partial charge >= 0.3 is 18.0 Å². The number of unbranched alkanes of at least 4 members (excludes halogenated alkanes) is 3. The number of carboxylic acids is 1. The lowest BCUT2D eigenvalue weighted by atomic mass is 9.97. The molecule has 1 aliphatic heterocycles. The van der Waals surface area contributed by atoms with Gasteiger partial charge < -0.3 is 24.8 Å². The van der Waals surface area contributed by atoms with Crippen molar-refractivity contribution < 1.29 is 42.8 Å². The quantitative estimate of drug-likeness (QED) is 0.136. The minimum Gasteiger partial charge on any atom is -0.480 e. The molecule has 218 valence electrons. The van der Waals surface area contributed by atoms with E-state index >= 15 is 0 Å². The predicted octanol–water partition coefficient (Wildman–Crippen LogP) is 4.35. The maximum Gasteiger partial charge on any atom is 0.407 e. The van der Waals surface area contributed by atoms with Crippen molar-refractivity contribution in [1.29, 1.82) is 0 Å². The van der Waals surface area contributed by atoms with Gasteiger partial charge in [0.2, 0.25) is 20.2 Å². The molecule has 1 fully saturated rings. The van der Waals surface area contributed by atoms with Gasteiger partial charge in [0.05, 0.1) is 5.41 Å². The van der Waals surface area contributed by atoms with E-state index in [9.17, 15) is 28.8 Å². The SMILES string of the molecule is CC(C)(C)C(=O)OC(CCCCCCNC(=O)OCc1ccccc1)O[PH](=O)CC(=O)N1CCC[C@H]1C(=O)O. The maximum atomic E-state index is 12.6. The molecule has 1 aliphatic rings. The van der Waals surface area contributed by atoms with E-state index in [0.717, 1.165) is 24.8 Å². The van der Waals surface area contributed by atoms with Crippen LogP contribution in [0, 0.1) is 5.41 Å². The highest BCUT2D eigenvalue weighted by Gasteiger charge is 2.35. The minimum absolute atomic E-state index is 0.203. The fourth-order valence-electron chi connectivity index (χ4n) is 3.93. The highest BCUT2D eigenvalue weighted by atomic mass is 31.1. The van der Waals surface area contributed by atoms with E-state index < -0.39 is 55.9 Å². The molecule has 0 radical (unpaired) electrons. The fourth-order valence-corrected chi connectivity index (χ4v) is 4.92. The third-order valence-electron chi connectivity index (χ3n) is 6.12. The van der Waals surface area contributed by atoms with Gasteiger partial charge in [-0.2, -0.15) is 0 Å². The summed E-state index contributed by atoms with van der Waals surface area (Å²) in [6.07, 6.45) is 2.10. The second-order valence-corrected chi connectivity index (χ2v) is 11.9. The minimum atomic E-state index is -2.92. The van der Waals surface area contributed by atoms with Crippen LogP contribution in [-0.4, -0.2) is 65.5 Å². The number of amides is 2. The molecule has 1 saturated heterocycles. The van der Waals surface area contributed by atoms with Gasteiger partial charge in [-0.05, 0) is 52.0 Å². The molecular weight excluding hydrogens is 527 g/mol. The number of alkyl carbamates (subject to hydrolysis) is 1. The van der Waals surface area contributed by atoms with Crippen molar-refractivity contribution in [2.75, 3.05) is 19.3 Å². The lowest BCUT2D eigenvalue weighted by molar-refractivity contribution is -0.173. The van der Waals surface area contributed by atoms with E-state index in [4.69, 9.17) is 14.0 Å². The number of esters is 1. The highest BCUT2D eigenvalue weighted by molar-refractivity contribution is 7.40. The molecule has 2 N–H and O–H groups in total. The summed E-state index contributed by atoms with van der Waals surface area (Å²) in [5, 5.41) is 12.0. The maximum absolute atomic E-state index is 12.6. The third kappa shape index (κ3) is 12.2. The first-order valence-corrected chi connectivity index (χ1v) is 14.9. The Labute approximate surface area is 230 Å². The average molecular weight is 569 g/mol. The Morgan fingerprint density at radius 3 is 2.46 bits per heavy atom. The lowest BCUT2D eigenvalue weighted by Crippen LogP contribution is -2.41. The molecule has 0 spiro atoms. The summed E-state index contributed by atoms with van der Waals surface area (Å²) >= 11 is 0. The number of hydrogen-bond donors (Lipinski definition) is 2. The second-order valence-electron chi connectivity index (χ2n) is 10.5. The fraction of sp³-hybridized carbons (Fsp3) is 0.630. The number of carbonyl (C=O) groups is 4. The van der Waals surface area contributed by atoms with E-state index in [2.05, 4.69) is 5.32 Å². The second kappa shape index (κ2) is 16.3. The number of likely N-dealkylation sites (tertiary alicyclic amines) is 1. The zero-order valence-electron chi connectivity index (χ0n) is 23.0.